The normalized spacial score (nSPS) is 12.3. The second-order valence-electron chi connectivity index (χ2n) is 9.12. The van der Waals surface area contributed by atoms with Crippen LogP contribution >= 0.6 is 0 Å². The van der Waals surface area contributed by atoms with Crippen LogP contribution in [0.3, 0.4) is 0 Å². The van der Waals surface area contributed by atoms with E-state index >= 15 is 0 Å². The number of nitrogens with zero attached hydrogens (tertiary/aromatic N) is 3. The second kappa shape index (κ2) is 6.16. The lowest BCUT2D eigenvalue weighted by atomic mass is 9.91. The van der Waals surface area contributed by atoms with Gasteiger partial charge in [0.15, 0.2) is 0 Å². The molecule has 0 aliphatic heterocycles. The molecule has 0 bridgehead atoms. The van der Waals surface area contributed by atoms with E-state index in [2.05, 4.69) is 90.1 Å². The monoisotopic (exact) mass is 371 g/mol. The zero-order valence-corrected chi connectivity index (χ0v) is 18.2. The van der Waals surface area contributed by atoms with Crippen molar-refractivity contribution in [2.24, 2.45) is 0 Å². The van der Waals surface area contributed by atoms with Crippen molar-refractivity contribution in [2.75, 3.05) is 0 Å². The third-order valence-corrected chi connectivity index (χ3v) is 5.73. The van der Waals surface area contributed by atoms with Gasteiger partial charge in [-0.3, -0.25) is 9.38 Å². The van der Waals surface area contributed by atoms with Gasteiger partial charge in [-0.1, -0.05) is 38.5 Å². The highest BCUT2D eigenvalue weighted by atomic mass is 15.0. The molecule has 0 amide bonds. The van der Waals surface area contributed by atoms with Gasteiger partial charge in [0, 0.05) is 27.8 Å². The molecular formula is C25H29N3. The Hall–Kier alpha value is -2.68. The minimum absolute atomic E-state index is 0.0113. The van der Waals surface area contributed by atoms with E-state index in [9.17, 15) is 0 Å². The summed E-state index contributed by atoms with van der Waals surface area (Å²) in [5, 5.41) is 1.11. The van der Waals surface area contributed by atoms with Crippen molar-refractivity contribution in [3.05, 3.63) is 64.1 Å². The maximum Gasteiger partial charge on any atom is 0.147 e. The first kappa shape index (κ1) is 18.7. The molecule has 3 heteroatoms. The number of pyridine rings is 2. The topological polar surface area (TPSA) is 30.2 Å². The summed E-state index contributed by atoms with van der Waals surface area (Å²) in [5.41, 5.74) is 11.7. The minimum atomic E-state index is 0.0113. The highest BCUT2D eigenvalue weighted by molar-refractivity contribution is 5.95. The molecule has 1 aromatic carbocycles. The Labute approximate surface area is 167 Å². The van der Waals surface area contributed by atoms with Gasteiger partial charge in [0.05, 0.1) is 16.9 Å². The lowest BCUT2D eigenvalue weighted by Gasteiger charge is -2.19. The molecule has 0 unspecified atom stereocenters. The summed E-state index contributed by atoms with van der Waals surface area (Å²) in [6.07, 6.45) is 0. The van der Waals surface area contributed by atoms with Crippen LogP contribution in [-0.4, -0.2) is 14.4 Å². The lowest BCUT2D eigenvalue weighted by Crippen LogP contribution is -2.13. The Morgan fingerprint density at radius 3 is 2.07 bits per heavy atom. The average molecular weight is 372 g/mol. The molecule has 4 rings (SSSR count). The molecule has 0 saturated heterocycles. The number of aryl methyl sites for hydroxylation is 5. The van der Waals surface area contributed by atoms with E-state index < -0.39 is 0 Å². The molecule has 0 atom stereocenters. The van der Waals surface area contributed by atoms with Gasteiger partial charge < -0.3 is 0 Å². The van der Waals surface area contributed by atoms with E-state index in [-0.39, 0.29) is 5.41 Å². The lowest BCUT2D eigenvalue weighted by molar-refractivity contribution is 0.571. The van der Waals surface area contributed by atoms with Crippen molar-refractivity contribution < 1.29 is 0 Å². The standard InChI is InChI=1S/C25H29N3/c1-14-11-15(2)23(16(3)12-14)21-13-20-19(9-10-22(27-20)25(6,7)8)24-26-17(4)18(5)28(21)24/h9-13H,1-8H3. The second-order valence-corrected chi connectivity index (χ2v) is 9.12. The Bertz CT molecular complexity index is 1210. The van der Waals surface area contributed by atoms with Crippen molar-refractivity contribution in [3.63, 3.8) is 0 Å². The molecular weight excluding hydrogens is 342 g/mol. The van der Waals surface area contributed by atoms with Crippen LogP contribution < -0.4 is 0 Å². The molecule has 4 aromatic rings. The Kier molecular flexibility index (Phi) is 4.11. The molecule has 0 radical (unpaired) electrons. The molecule has 0 aliphatic carbocycles. The molecule has 0 spiro atoms. The van der Waals surface area contributed by atoms with E-state index in [1.807, 2.05) is 0 Å². The summed E-state index contributed by atoms with van der Waals surface area (Å²) in [4.78, 5) is 9.96. The van der Waals surface area contributed by atoms with E-state index in [0.29, 0.717) is 0 Å². The molecule has 0 aliphatic rings. The molecule has 28 heavy (non-hydrogen) atoms. The SMILES string of the molecule is Cc1cc(C)c(-c2cc3nc(C(C)(C)C)ccc3c3nc(C)c(C)n23)c(C)c1. The number of aromatic nitrogens is 3. The Balaban J connectivity index is 2.18. The number of fused-ring (bicyclic) bond motifs is 3. The smallest absolute Gasteiger partial charge is 0.147 e. The van der Waals surface area contributed by atoms with Crippen molar-refractivity contribution in [1.82, 2.24) is 14.4 Å². The highest BCUT2D eigenvalue weighted by Gasteiger charge is 2.20. The van der Waals surface area contributed by atoms with Crippen LogP contribution in [-0.2, 0) is 5.41 Å². The highest BCUT2D eigenvalue weighted by Crippen LogP contribution is 2.34. The third kappa shape index (κ3) is 2.81. The Morgan fingerprint density at radius 2 is 1.46 bits per heavy atom. The first-order valence-corrected chi connectivity index (χ1v) is 9.96. The number of rotatable bonds is 1. The fourth-order valence-corrected chi connectivity index (χ4v) is 4.24. The fourth-order valence-electron chi connectivity index (χ4n) is 4.24. The van der Waals surface area contributed by atoms with Crippen LogP contribution in [0.5, 0.6) is 0 Å². The van der Waals surface area contributed by atoms with Crippen molar-refractivity contribution in [3.8, 4) is 11.3 Å². The average Bonchev–Trinajstić information content (AvgIpc) is 2.88. The van der Waals surface area contributed by atoms with Gasteiger partial charge in [0.1, 0.15) is 5.65 Å². The largest absolute Gasteiger partial charge is 0.296 e. The van der Waals surface area contributed by atoms with Crippen molar-refractivity contribution in [1.29, 1.82) is 0 Å². The molecule has 0 fully saturated rings. The maximum absolute atomic E-state index is 5.05. The van der Waals surface area contributed by atoms with Crippen molar-refractivity contribution in [2.45, 2.75) is 60.8 Å². The molecule has 3 heterocycles. The summed E-state index contributed by atoms with van der Waals surface area (Å²) in [5.74, 6) is 0. The first-order chi connectivity index (χ1) is 13.1. The minimum Gasteiger partial charge on any atom is -0.296 e. The van der Waals surface area contributed by atoms with Crippen molar-refractivity contribution >= 4 is 16.6 Å². The van der Waals surface area contributed by atoms with Gasteiger partial charge in [-0.05, 0) is 63.9 Å². The fraction of sp³-hybridized carbons (Fsp3) is 0.360. The predicted octanol–water partition coefficient (Wildman–Crippen LogP) is 6.39. The van der Waals surface area contributed by atoms with E-state index in [4.69, 9.17) is 9.97 Å². The van der Waals surface area contributed by atoms with Crippen LogP contribution in [0.4, 0.5) is 0 Å². The van der Waals surface area contributed by atoms with Gasteiger partial charge in [-0.2, -0.15) is 0 Å². The third-order valence-electron chi connectivity index (χ3n) is 5.73. The van der Waals surface area contributed by atoms with Crippen LogP contribution in [0.2, 0.25) is 0 Å². The number of benzene rings is 1. The number of hydrogen-bond donors (Lipinski definition) is 0. The van der Waals surface area contributed by atoms with Crippen LogP contribution in [0, 0.1) is 34.6 Å². The van der Waals surface area contributed by atoms with E-state index in [1.165, 1.54) is 33.6 Å². The van der Waals surface area contributed by atoms with Crippen LogP contribution in [0.25, 0.3) is 27.8 Å². The zero-order chi connectivity index (χ0) is 20.4. The maximum atomic E-state index is 5.05. The summed E-state index contributed by atoms with van der Waals surface area (Å²) in [7, 11) is 0. The molecule has 0 N–H and O–H groups in total. The molecule has 0 saturated carbocycles. The number of hydrogen-bond acceptors (Lipinski definition) is 2. The quantitative estimate of drug-likeness (QED) is 0.388. The van der Waals surface area contributed by atoms with Gasteiger partial charge >= 0.3 is 0 Å². The van der Waals surface area contributed by atoms with E-state index in [0.717, 1.165) is 27.9 Å². The first-order valence-electron chi connectivity index (χ1n) is 9.96. The molecule has 3 aromatic heterocycles. The zero-order valence-electron chi connectivity index (χ0n) is 18.2. The van der Waals surface area contributed by atoms with Gasteiger partial charge in [0.2, 0.25) is 0 Å². The number of imidazole rings is 1. The van der Waals surface area contributed by atoms with Gasteiger partial charge in [-0.15, -0.1) is 0 Å². The van der Waals surface area contributed by atoms with E-state index in [1.54, 1.807) is 0 Å². The molecule has 144 valence electrons. The summed E-state index contributed by atoms with van der Waals surface area (Å²) in [6.45, 7) is 17.4. The summed E-state index contributed by atoms with van der Waals surface area (Å²) >= 11 is 0. The van der Waals surface area contributed by atoms with Gasteiger partial charge in [-0.25, -0.2) is 4.98 Å². The molecule has 3 nitrogen and oxygen atoms in total. The predicted molar refractivity (Wildman–Crippen MR) is 118 cm³/mol. The van der Waals surface area contributed by atoms with Crippen LogP contribution in [0.1, 0.15) is 54.5 Å². The summed E-state index contributed by atoms with van der Waals surface area (Å²) in [6, 6.07) is 11.1. The summed E-state index contributed by atoms with van der Waals surface area (Å²) < 4.78 is 2.31. The Morgan fingerprint density at radius 1 is 0.821 bits per heavy atom. The van der Waals surface area contributed by atoms with Gasteiger partial charge in [0.25, 0.3) is 0 Å². The van der Waals surface area contributed by atoms with Crippen LogP contribution in [0.15, 0.2) is 30.3 Å².